The predicted octanol–water partition coefficient (Wildman–Crippen LogP) is 4.02. The summed E-state index contributed by atoms with van der Waals surface area (Å²) in [5, 5.41) is 19.0. The first-order valence-corrected chi connectivity index (χ1v) is 9.48. The number of nitrogens with zero attached hydrogens (tertiary/aromatic N) is 1. The van der Waals surface area contributed by atoms with Gasteiger partial charge in [-0.2, -0.15) is 0 Å². The summed E-state index contributed by atoms with van der Waals surface area (Å²) in [5.41, 5.74) is 0.415. The van der Waals surface area contributed by atoms with E-state index in [1.165, 1.54) is 18.2 Å². The van der Waals surface area contributed by atoms with Crippen LogP contribution in [0.5, 0.6) is 5.75 Å². The summed E-state index contributed by atoms with van der Waals surface area (Å²) in [6.45, 7) is 0. The van der Waals surface area contributed by atoms with Crippen molar-refractivity contribution in [3.05, 3.63) is 64.2 Å². The van der Waals surface area contributed by atoms with Crippen molar-refractivity contribution < 1.29 is 14.5 Å². The molecular weight excluding hydrogens is 463 g/mol. The number of hydrogen-bond acceptors (Lipinski definition) is 5. The van der Waals surface area contributed by atoms with E-state index in [9.17, 15) is 14.9 Å². The molecule has 0 heterocycles. The number of nitrogens with one attached hydrogen (secondary N) is 3. The number of halogens is 3. The Hall–Kier alpha value is -2.33. The van der Waals surface area contributed by atoms with Crippen LogP contribution in [0, 0.1) is 10.1 Å². The van der Waals surface area contributed by atoms with Gasteiger partial charge in [-0.15, -0.1) is 0 Å². The average Bonchev–Trinajstić information content (AvgIpc) is 2.67. The molecule has 12 heteroatoms. The Balaban J connectivity index is 2.08. The first kappa shape index (κ1) is 23.0. The molecule has 0 fully saturated rings. The number of rotatable bonds is 6. The molecule has 0 aliphatic heterocycles. The van der Waals surface area contributed by atoms with E-state index in [4.69, 9.17) is 51.8 Å². The Morgan fingerprint density at radius 2 is 1.83 bits per heavy atom. The molecular formula is C17H15Cl3N4O4S. The molecule has 0 aromatic heterocycles. The van der Waals surface area contributed by atoms with Crippen LogP contribution in [0.25, 0.3) is 0 Å². The van der Waals surface area contributed by atoms with Gasteiger partial charge < -0.3 is 20.7 Å². The lowest BCUT2D eigenvalue weighted by atomic mass is 10.2. The van der Waals surface area contributed by atoms with Crippen molar-refractivity contribution in [1.82, 2.24) is 10.6 Å². The molecule has 154 valence electrons. The molecule has 0 saturated carbocycles. The van der Waals surface area contributed by atoms with E-state index in [0.717, 1.165) is 6.07 Å². The fourth-order valence-corrected chi connectivity index (χ4v) is 2.71. The van der Waals surface area contributed by atoms with Crippen LogP contribution in [0.2, 0.25) is 0 Å². The number of ether oxygens (including phenoxy) is 1. The highest BCUT2D eigenvalue weighted by atomic mass is 35.6. The quantitative estimate of drug-likeness (QED) is 0.190. The largest absolute Gasteiger partial charge is 0.497 e. The zero-order valence-corrected chi connectivity index (χ0v) is 17.9. The molecule has 0 saturated heterocycles. The molecule has 0 aliphatic rings. The molecule has 0 spiro atoms. The number of carbonyl (C=O) groups excluding carboxylic acids is 1. The number of alkyl halides is 3. The van der Waals surface area contributed by atoms with Crippen molar-refractivity contribution in [3.8, 4) is 5.75 Å². The van der Waals surface area contributed by atoms with Crippen LogP contribution in [0.15, 0.2) is 48.5 Å². The summed E-state index contributed by atoms with van der Waals surface area (Å²) in [4.78, 5) is 22.7. The highest BCUT2D eigenvalue weighted by Gasteiger charge is 2.35. The fourth-order valence-electron chi connectivity index (χ4n) is 2.15. The third kappa shape index (κ3) is 6.90. The third-order valence-corrected chi connectivity index (χ3v) is 4.42. The molecule has 2 rings (SSSR count). The Morgan fingerprint density at radius 3 is 2.38 bits per heavy atom. The monoisotopic (exact) mass is 476 g/mol. The van der Waals surface area contributed by atoms with Crippen LogP contribution in [-0.4, -0.2) is 33.0 Å². The van der Waals surface area contributed by atoms with E-state index < -0.39 is 20.8 Å². The Morgan fingerprint density at radius 1 is 1.17 bits per heavy atom. The van der Waals surface area contributed by atoms with E-state index in [1.54, 1.807) is 31.4 Å². The summed E-state index contributed by atoms with van der Waals surface area (Å²) < 4.78 is 3.10. The zero-order valence-electron chi connectivity index (χ0n) is 14.8. The number of methoxy groups -OCH3 is 1. The minimum Gasteiger partial charge on any atom is -0.497 e. The van der Waals surface area contributed by atoms with E-state index in [-0.39, 0.29) is 16.4 Å². The van der Waals surface area contributed by atoms with Crippen molar-refractivity contribution >= 4 is 69.4 Å². The number of nitro groups is 1. The summed E-state index contributed by atoms with van der Waals surface area (Å²) in [6, 6.07) is 12.0. The second-order valence-corrected chi connectivity index (χ2v) is 8.36. The van der Waals surface area contributed by atoms with E-state index in [0.29, 0.717) is 11.4 Å². The smallest absolute Gasteiger partial charge is 0.270 e. The lowest BCUT2D eigenvalue weighted by molar-refractivity contribution is -0.384. The molecule has 1 unspecified atom stereocenters. The van der Waals surface area contributed by atoms with Crippen LogP contribution in [0.4, 0.5) is 11.4 Å². The minimum absolute atomic E-state index is 0.0225. The fraction of sp³-hybridized carbons (Fsp3) is 0.176. The molecule has 8 nitrogen and oxygen atoms in total. The molecule has 2 aromatic rings. The molecule has 0 aliphatic carbocycles. The number of hydrogen-bond donors (Lipinski definition) is 3. The molecule has 0 radical (unpaired) electrons. The van der Waals surface area contributed by atoms with E-state index >= 15 is 0 Å². The van der Waals surface area contributed by atoms with E-state index in [1.807, 2.05) is 0 Å². The normalized spacial score (nSPS) is 11.9. The van der Waals surface area contributed by atoms with Gasteiger partial charge in [0.2, 0.25) is 3.79 Å². The van der Waals surface area contributed by atoms with Gasteiger partial charge in [0, 0.05) is 23.4 Å². The van der Waals surface area contributed by atoms with E-state index in [2.05, 4.69) is 16.0 Å². The van der Waals surface area contributed by atoms with Crippen molar-refractivity contribution in [3.63, 3.8) is 0 Å². The summed E-state index contributed by atoms with van der Waals surface area (Å²) in [7, 11) is 1.55. The molecule has 2 aromatic carbocycles. The lowest BCUT2D eigenvalue weighted by Gasteiger charge is -2.27. The first-order valence-electron chi connectivity index (χ1n) is 7.94. The van der Waals surface area contributed by atoms with Crippen LogP contribution in [-0.2, 0) is 0 Å². The van der Waals surface area contributed by atoms with Gasteiger partial charge in [0.05, 0.1) is 12.0 Å². The topological polar surface area (TPSA) is 106 Å². The van der Waals surface area contributed by atoms with Gasteiger partial charge in [-0.05, 0) is 42.5 Å². The molecule has 0 bridgehead atoms. The Labute approximate surface area is 186 Å². The molecule has 3 N–H and O–H groups in total. The lowest BCUT2D eigenvalue weighted by Crippen LogP contribution is -2.56. The number of nitro benzene ring substituents is 1. The van der Waals surface area contributed by atoms with Crippen molar-refractivity contribution in [2.75, 3.05) is 12.4 Å². The van der Waals surface area contributed by atoms with Crippen LogP contribution in [0.1, 0.15) is 10.4 Å². The standard InChI is InChI=1S/C17H15Cl3N4O4S/c1-28-13-7-5-11(6-8-13)21-16(29)23-15(17(18,19)20)22-14(25)10-3-2-4-12(9-10)24(26)27/h2-9,15H,1H3,(H,22,25)(H2,21,23,29). The summed E-state index contributed by atoms with van der Waals surface area (Å²) in [5.74, 6) is -0.0254. The number of amides is 1. The van der Waals surface area contributed by atoms with Crippen molar-refractivity contribution in [1.29, 1.82) is 0 Å². The van der Waals surface area contributed by atoms with Gasteiger partial charge in [-0.25, -0.2) is 0 Å². The zero-order chi connectivity index (χ0) is 21.6. The van der Waals surface area contributed by atoms with Gasteiger partial charge in [0.25, 0.3) is 11.6 Å². The predicted molar refractivity (Wildman–Crippen MR) is 117 cm³/mol. The molecule has 1 atom stereocenters. The van der Waals surface area contributed by atoms with Gasteiger partial charge in [0.15, 0.2) is 5.11 Å². The Kier molecular flexibility index (Phi) is 7.86. The first-order chi connectivity index (χ1) is 13.6. The maximum atomic E-state index is 12.5. The summed E-state index contributed by atoms with van der Waals surface area (Å²) in [6.07, 6.45) is -1.22. The van der Waals surface area contributed by atoms with Crippen molar-refractivity contribution in [2.45, 2.75) is 9.96 Å². The maximum absolute atomic E-state index is 12.5. The second kappa shape index (κ2) is 9.93. The second-order valence-electron chi connectivity index (χ2n) is 5.58. The number of benzene rings is 2. The Bertz CT molecular complexity index is 906. The van der Waals surface area contributed by atoms with Crippen LogP contribution >= 0.6 is 47.0 Å². The average molecular weight is 478 g/mol. The van der Waals surface area contributed by atoms with Crippen molar-refractivity contribution in [2.24, 2.45) is 0 Å². The number of non-ortho nitro benzene ring substituents is 1. The minimum atomic E-state index is -1.97. The van der Waals surface area contributed by atoms with Gasteiger partial charge >= 0.3 is 0 Å². The van der Waals surface area contributed by atoms with Gasteiger partial charge in [-0.1, -0.05) is 40.9 Å². The number of thiocarbonyl (C=S) groups is 1. The molecule has 29 heavy (non-hydrogen) atoms. The SMILES string of the molecule is COc1ccc(NC(=S)NC(NC(=O)c2cccc([N+](=O)[O-])c2)C(Cl)(Cl)Cl)cc1. The highest BCUT2D eigenvalue weighted by molar-refractivity contribution is 7.80. The number of anilines is 1. The van der Waals surface area contributed by atoms with Gasteiger partial charge in [0.1, 0.15) is 11.9 Å². The maximum Gasteiger partial charge on any atom is 0.270 e. The summed E-state index contributed by atoms with van der Waals surface area (Å²) >= 11 is 23.0. The highest BCUT2D eigenvalue weighted by Crippen LogP contribution is 2.29. The van der Waals surface area contributed by atoms with Crippen LogP contribution in [0.3, 0.4) is 0 Å². The van der Waals surface area contributed by atoms with Gasteiger partial charge in [-0.3, -0.25) is 14.9 Å². The van der Waals surface area contributed by atoms with Crippen LogP contribution < -0.4 is 20.7 Å². The molecule has 1 amide bonds. The third-order valence-electron chi connectivity index (χ3n) is 3.55. The number of carbonyl (C=O) groups is 1.